The lowest BCUT2D eigenvalue weighted by Gasteiger charge is -2.04. The van der Waals surface area contributed by atoms with Gasteiger partial charge < -0.3 is 5.32 Å². The van der Waals surface area contributed by atoms with E-state index in [2.05, 4.69) is 10.3 Å². The Morgan fingerprint density at radius 2 is 2.20 bits per heavy atom. The highest BCUT2D eigenvalue weighted by atomic mass is 32.1. The van der Waals surface area contributed by atoms with Crippen molar-refractivity contribution in [3.8, 4) is 0 Å². The molecule has 0 radical (unpaired) electrons. The van der Waals surface area contributed by atoms with Crippen LogP contribution in [-0.4, -0.2) is 22.4 Å². The summed E-state index contributed by atoms with van der Waals surface area (Å²) < 4.78 is 0. The van der Waals surface area contributed by atoms with Crippen molar-refractivity contribution in [3.63, 3.8) is 0 Å². The molecule has 0 unspecified atom stereocenters. The molecule has 0 aliphatic heterocycles. The minimum Gasteiger partial charge on any atom is -0.351 e. The summed E-state index contributed by atoms with van der Waals surface area (Å²) in [4.78, 5) is 26.5. The lowest BCUT2D eigenvalue weighted by Crippen LogP contribution is -2.26. The van der Waals surface area contributed by atoms with E-state index in [1.807, 2.05) is 12.3 Å². The molecule has 0 fully saturated rings. The molecule has 1 N–H and O–H groups in total. The monoisotopic (exact) mass is 291 g/mol. The number of benzene rings is 1. The molecule has 2 rings (SSSR count). The number of carbonyl (C=O) groups is 1. The Labute approximate surface area is 119 Å². The molecular weight excluding hydrogens is 278 g/mol. The minimum atomic E-state index is -0.557. The van der Waals surface area contributed by atoms with E-state index in [1.54, 1.807) is 17.4 Å². The normalized spacial score (nSPS) is 10.2. The van der Waals surface area contributed by atoms with Crippen molar-refractivity contribution in [2.24, 2.45) is 0 Å². The largest absolute Gasteiger partial charge is 0.351 e. The standard InChI is InChI=1S/C13H13N3O3S/c1-9-15-10(8-20-9)6-7-14-13(17)11-4-2-3-5-12(11)16(18)19/h2-5,8H,6-7H2,1H3,(H,14,17). The lowest BCUT2D eigenvalue weighted by molar-refractivity contribution is -0.385. The van der Waals surface area contributed by atoms with Gasteiger partial charge in [-0.15, -0.1) is 11.3 Å². The van der Waals surface area contributed by atoms with Crippen molar-refractivity contribution in [1.82, 2.24) is 10.3 Å². The first-order valence-corrected chi connectivity index (χ1v) is 6.88. The molecule has 7 heteroatoms. The van der Waals surface area contributed by atoms with Crippen LogP contribution in [0, 0.1) is 17.0 Å². The molecule has 0 atom stereocenters. The number of aryl methyl sites for hydroxylation is 1. The number of hydrogen-bond acceptors (Lipinski definition) is 5. The van der Waals surface area contributed by atoms with Gasteiger partial charge in [0, 0.05) is 24.4 Å². The predicted octanol–water partition coefficient (Wildman–Crippen LogP) is 2.33. The van der Waals surface area contributed by atoms with Gasteiger partial charge in [-0.05, 0) is 13.0 Å². The second-order valence-electron chi connectivity index (χ2n) is 4.14. The summed E-state index contributed by atoms with van der Waals surface area (Å²) in [6.45, 7) is 2.31. The third-order valence-electron chi connectivity index (χ3n) is 2.68. The van der Waals surface area contributed by atoms with Crippen LogP contribution in [0.1, 0.15) is 21.1 Å². The first kappa shape index (κ1) is 14.1. The van der Waals surface area contributed by atoms with Crippen LogP contribution in [0.25, 0.3) is 0 Å². The number of aromatic nitrogens is 1. The molecule has 0 saturated carbocycles. The minimum absolute atomic E-state index is 0.0759. The quantitative estimate of drug-likeness (QED) is 0.676. The zero-order chi connectivity index (χ0) is 14.5. The highest BCUT2D eigenvalue weighted by Gasteiger charge is 2.18. The maximum Gasteiger partial charge on any atom is 0.282 e. The van der Waals surface area contributed by atoms with E-state index in [4.69, 9.17) is 0 Å². The van der Waals surface area contributed by atoms with Gasteiger partial charge in [0.15, 0.2) is 0 Å². The van der Waals surface area contributed by atoms with E-state index in [0.29, 0.717) is 13.0 Å². The maximum absolute atomic E-state index is 11.9. The molecule has 2 aromatic rings. The van der Waals surface area contributed by atoms with Crippen molar-refractivity contribution in [2.45, 2.75) is 13.3 Å². The zero-order valence-corrected chi connectivity index (χ0v) is 11.6. The van der Waals surface area contributed by atoms with Gasteiger partial charge in [-0.25, -0.2) is 4.98 Å². The Balaban J connectivity index is 1.97. The molecule has 104 valence electrons. The Hall–Kier alpha value is -2.28. The summed E-state index contributed by atoms with van der Waals surface area (Å²) in [6.07, 6.45) is 0.608. The van der Waals surface area contributed by atoms with Gasteiger partial charge in [0.05, 0.1) is 15.6 Å². The van der Waals surface area contributed by atoms with Crippen LogP contribution >= 0.6 is 11.3 Å². The van der Waals surface area contributed by atoms with Crippen molar-refractivity contribution < 1.29 is 9.72 Å². The molecule has 0 aliphatic carbocycles. The van der Waals surface area contributed by atoms with E-state index in [1.165, 1.54) is 18.2 Å². The van der Waals surface area contributed by atoms with Gasteiger partial charge in [-0.3, -0.25) is 14.9 Å². The van der Waals surface area contributed by atoms with Gasteiger partial charge in [0.2, 0.25) is 0 Å². The van der Waals surface area contributed by atoms with Crippen LogP contribution in [0.4, 0.5) is 5.69 Å². The second-order valence-corrected chi connectivity index (χ2v) is 5.20. The highest BCUT2D eigenvalue weighted by Crippen LogP contribution is 2.17. The van der Waals surface area contributed by atoms with Gasteiger partial charge in [0.1, 0.15) is 5.56 Å². The molecule has 1 amide bonds. The van der Waals surface area contributed by atoms with Gasteiger partial charge >= 0.3 is 0 Å². The number of carbonyl (C=O) groups excluding carboxylic acids is 1. The number of nitrogens with one attached hydrogen (secondary N) is 1. The number of thiazole rings is 1. The molecular formula is C13H13N3O3S. The van der Waals surface area contributed by atoms with Crippen molar-refractivity contribution in [3.05, 3.63) is 56.0 Å². The smallest absolute Gasteiger partial charge is 0.282 e. The van der Waals surface area contributed by atoms with Crippen molar-refractivity contribution in [1.29, 1.82) is 0 Å². The average molecular weight is 291 g/mol. The molecule has 1 heterocycles. The predicted molar refractivity (Wildman–Crippen MR) is 76.0 cm³/mol. The molecule has 20 heavy (non-hydrogen) atoms. The van der Waals surface area contributed by atoms with E-state index >= 15 is 0 Å². The SMILES string of the molecule is Cc1nc(CCNC(=O)c2ccccc2[N+](=O)[O-])cs1. The summed E-state index contributed by atoms with van der Waals surface area (Å²) in [6, 6.07) is 5.90. The van der Waals surface area contributed by atoms with Crippen molar-refractivity contribution in [2.75, 3.05) is 6.54 Å². The van der Waals surface area contributed by atoms with Gasteiger partial charge in [-0.2, -0.15) is 0 Å². The topological polar surface area (TPSA) is 85.1 Å². The fourth-order valence-corrected chi connectivity index (χ4v) is 2.39. The first-order chi connectivity index (χ1) is 9.58. The third-order valence-corrected chi connectivity index (χ3v) is 3.50. The van der Waals surface area contributed by atoms with Gasteiger partial charge in [-0.1, -0.05) is 12.1 Å². The molecule has 0 aliphatic rings. The Kier molecular flexibility index (Phi) is 4.41. The summed E-state index contributed by atoms with van der Waals surface area (Å²) in [5.41, 5.74) is 0.803. The summed E-state index contributed by atoms with van der Waals surface area (Å²) >= 11 is 1.55. The Bertz CT molecular complexity index is 639. The number of hydrogen-bond donors (Lipinski definition) is 1. The molecule has 1 aromatic heterocycles. The number of para-hydroxylation sites is 1. The number of nitrogens with zero attached hydrogens (tertiary/aromatic N) is 2. The number of rotatable bonds is 5. The van der Waals surface area contributed by atoms with Crippen LogP contribution in [0.3, 0.4) is 0 Å². The fraction of sp³-hybridized carbons (Fsp3) is 0.231. The number of nitro groups is 1. The highest BCUT2D eigenvalue weighted by molar-refractivity contribution is 7.09. The number of nitro benzene ring substituents is 1. The zero-order valence-electron chi connectivity index (χ0n) is 10.8. The van der Waals surface area contributed by atoms with E-state index in [-0.39, 0.29) is 11.3 Å². The third kappa shape index (κ3) is 3.39. The van der Waals surface area contributed by atoms with E-state index in [0.717, 1.165) is 10.7 Å². The van der Waals surface area contributed by atoms with Crippen LogP contribution < -0.4 is 5.32 Å². The van der Waals surface area contributed by atoms with Crippen molar-refractivity contribution >= 4 is 22.9 Å². The summed E-state index contributed by atoms with van der Waals surface area (Å²) in [5.74, 6) is -0.441. The summed E-state index contributed by atoms with van der Waals surface area (Å²) in [5, 5.41) is 16.4. The van der Waals surface area contributed by atoms with Crippen LogP contribution in [0.15, 0.2) is 29.6 Å². The fourth-order valence-electron chi connectivity index (χ4n) is 1.75. The van der Waals surface area contributed by atoms with E-state index in [9.17, 15) is 14.9 Å². The summed E-state index contributed by atoms with van der Waals surface area (Å²) in [7, 11) is 0. The lowest BCUT2D eigenvalue weighted by atomic mass is 10.1. The Morgan fingerprint density at radius 3 is 2.85 bits per heavy atom. The van der Waals surface area contributed by atoms with Gasteiger partial charge in [0.25, 0.3) is 11.6 Å². The number of amides is 1. The maximum atomic E-state index is 11.9. The van der Waals surface area contributed by atoms with Crippen LogP contribution in [-0.2, 0) is 6.42 Å². The Morgan fingerprint density at radius 1 is 1.45 bits per heavy atom. The van der Waals surface area contributed by atoms with Crippen LogP contribution in [0.2, 0.25) is 0 Å². The first-order valence-electron chi connectivity index (χ1n) is 6.00. The molecule has 6 nitrogen and oxygen atoms in total. The molecule has 0 spiro atoms. The molecule has 1 aromatic carbocycles. The molecule has 0 bridgehead atoms. The van der Waals surface area contributed by atoms with Crippen LogP contribution in [0.5, 0.6) is 0 Å². The van der Waals surface area contributed by atoms with E-state index < -0.39 is 10.8 Å². The average Bonchev–Trinajstić information content (AvgIpc) is 2.84. The second kappa shape index (κ2) is 6.25. The molecule has 0 saturated heterocycles.